The van der Waals surface area contributed by atoms with Crippen LogP contribution in [0.25, 0.3) is 54.1 Å². The van der Waals surface area contributed by atoms with E-state index in [0.717, 1.165) is 65.2 Å². The van der Waals surface area contributed by atoms with E-state index in [4.69, 9.17) is 21.7 Å². The largest absolute Gasteiger partial charge is 0.481 e. The molecule has 6 aromatic rings. The minimum atomic E-state index is -0.869. The number of nitrogens with zero attached hydrogens (tertiary/aromatic N) is 4. The molecule has 9 heteroatoms. The number of pyridine rings is 1. The average molecular weight is 599 g/mol. The van der Waals surface area contributed by atoms with Crippen molar-refractivity contribution < 1.29 is 15.0 Å². The van der Waals surface area contributed by atoms with Gasteiger partial charge in [-0.05, 0) is 86.8 Å². The fraction of sp³-hybridized carbons (Fsp3) is 0.212. The van der Waals surface area contributed by atoms with Gasteiger partial charge < -0.3 is 10.2 Å². The van der Waals surface area contributed by atoms with Crippen LogP contribution in [0, 0.1) is 6.92 Å². The van der Waals surface area contributed by atoms with Crippen molar-refractivity contribution in [3.63, 3.8) is 0 Å². The zero-order valence-corrected chi connectivity index (χ0v) is 25.6. The summed E-state index contributed by atoms with van der Waals surface area (Å²) in [7, 11) is 1.93. The van der Waals surface area contributed by atoms with Crippen LogP contribution in [0.3, 0.4) is 0 Å². The third kappa shape index (κ3) is 6.51. The molecule has 3 heterocycles. The fourth-order valence-corrected chi connectivity index (χ4v) is 5.96. The summed E-state index contributed by atoms with van der Waals surface area (Å²) < 4.78 is 2.80. The van der Waals surface area contributed by atoms with E-state index >= 15 is 0 Å². The van der Waals surface area contributed by atoms with Crippen LogP contribution < -0.4 is 0 Å². The lowest BCUT2D eigenvalue weighted by atomic mass is 9.93. The SMILES string of the molecule is CC(C)(C)O.Cc1cc2nc(-c3ccnc(-c4ccc5c(cnn5C)c4)c3)sc2c(-c2ccc(Cl)cc2)c1CC(=O)O. The highest BCUT2D eigenvalue weighted by atomic mass is 35.5. The topological polar surface area (TPSA) is 101 Å². The summed E-state index contributed by atoms with van der Waals surface area (Å²) >= 11 is 7.70. The van der Waals surface area contributed by atoms with Gasteiger partial charge in [0.05, 0.1) is 39.6 Å². The second kappa shape index (κ2) is 11.6. The van der Waals surface area contributed by atoms with Gasteiger partial charge in [-0.3, -0.25) is 14.5 Å². The summed E-state index contributed by atoms with van der Waals surface area (Å²) in [6.07, 6.45) is 3.58. The van der Waals surface area contributed by atoms with Gasteiger partial charge in [-0.15, -0.1) is 11.3 Å². The third-order valence-corrected chi connectivity index (χ3v) is 7.91. The maximum atomic E-state index is 11.7. The van der Waals surface area contributed by atoms with Gasteiger partial charge in [0.15, 0.2) is 0 Å². The Hall–Kier alpha value is -4.11. The first-order valence-electron chi connectivity index (χ1n) is 13.4. The molecule has 0 aliphatic carbocycles. The van der Waals surface area contributed by atoms with Crippen molar-refractivity contribution in [2.24, 2.45) is 7.05 Å². The minimum absolute atomic E-state index is 0.0663. The molecule has 214 valence electrons. The van der Waals surface area contributed by atoms with E-state index in [1.165, 1.54) is 0 Å². The molecule has 42 heavy (non-hydrogen) atoms. The van der Waals surface area contributed by atoms with Crippen molar-refractivity contribution in [3.8, 4) is 33.0 Å². The van der Waals surface area contributed by atoms with Gasteiger partial charge in [-0.2, -0.15) is 5.10 Å². The Kier molecular flexibility index (Phi) is 8.14. The molecule has 0 unspecified atom stereocenters. The molecule has 0 saturated carbocycles. The van der Waals surface area contributed by atoms with Gasteiger partial charge >= 0.3 is 5.97 Å². The highest BCUT2D eigenvalue weighted by molar-refractivity contribution is 7.22. The van der Waals surface area contributed by atoms with E-state index in [0.29, 0.717) is 5.02 Å². The molecule has 3 aromatic heterocycles. The number of aryl methyl sites for hydroxylation is 2. The number of benzene rings is 3. The molecule has 0 aliphatic heterocycles. The van der Waals surface area contributed by atoms with Gasteiger partial charge in [0.1, 0.15) is 5.01 Å². The zero-order chi connectivity index (χ0) is 30.2. The van der Waals surface area contributed by atoms with Crippen molar-refractivity contribution >= 4 is 50.0 Å². The van der Waals surface area contributed by atoms with Crippen LogP contribution in [0.15, 0.2) is 73.1 Å². The highest BCUT2D eigenvalue weighted by Crippen LogP contribution is 2.41. The quantitative estimate of drug-likeness (QED) is 0.209. The molecule has 0 radical (unpaired) electrons. The molecule has 0 saturated heterocycles. The Morgan fingerprint density at radius 3 is 2.38 bits per heavy atom. The standard InChI is InChI=1S/C29H21ClN4O2S.C4H10O/c1-16-11-24-28(27(22(16)14-26(35)36)17-3-6-21(30)7-4-17)37-29(33-24)19-9-10-31-23(13-19)18-5-8-25-20(12-18)15-32-34(25)2;1-4(2,3)5/h3-13,15H,14H2,1-2H3,(H,35,36);5H,1-3H3. The lowest BCUT2D eigenvalue weighted by Crippen LogP contribution is -2.10. The number of aliphatic carboxylic acids is 1. The Morgan fingerprint density at radius 1 is 1.00 bits per heavy atom. The maximum absolute atomic E-state index is 11.7. The van der Waals surface area contributed by atoms with Gasteiger partial charge in [-0.25, -0.2) is 4.98 Å². The van der Waals surface area contributed by atoms with Crippen LogP contribution in [-0.4, -0.2) is 41.5 Å². The van der Waals surface area contributed by atoms with Gasteiger partial charge in [0, 0.05) is 40.3 Å². The molecule has 0 amide bonds. The van der Waals surface area contributed by atoms with Gasteiger partial charge in [0.2, 0.25) is 0 Å². The predicted molar refractivity (Wildman–Crippen MR) is 171 cm³/mol. The summed E-state index contributed by atoms with van der Waals surface area (Å²) in [6, 6.07) is 19.7. The molecule has 6 rings (SSSR count). The molecule has 7 nitrogen and oxygen atoms in total. The number of hydrogen-bond acceptors (Lipinski definition) is 6. The molecular weight excluding hydrogens is 568 g/mol. The van der Waals surface area contributed by atoms with Crippen LogP contribution in [0.5, 0.6) is 0 Å². The van der Waals surface area contributed by atoms with Crippen molar-refractivity contribution in [2.45, 2.75) is 39.7 Å². The first-order valence-corrected chi connectivity index (χ1v) is 14.6. The summed E-state index contributed by atoms with van der Waals surface area (Å²) in [5, 5.41) is 25.0. The minimum Gasteiger partial charge on any atom is -0.481 e. The molecule has 0 spiro atoms. The van der Waals surface area contributed by atoms with E-state index < -0.39 is 11.6 Å². The summed E-state index contributed by atoms with van der Waals surface area (Å²) in [6.45, 7) is 7.17. The number of hydrogen-bond donors (Lipinski definition) is 2. The number of halogens is 1. The molecule has 0 fully saturated rings. The number of rotatable bonds is 5. The average Bonchev–Trinajstić information content (AvgIpc) is 3.52. The molecule has 3 aromatic carbocycles. The monoisotopic (exact) mass is 598 g/mol. The summed E-state index contributed by atoms with van der Waals surface area (Å²) in [4.78, 5) is 21.3. The van der Waals surface area contributed by atoms with E-state index in [9.17, 15) is 9.90 Å². The Balaban J connectivity index is 0.000000652. The number of carboxylic acids is 1. The van der Waals surface area contributed by atoms with Crippen LogP contribution >= 0.6 is 22.9 Å². The number of thiazole rings is 1. The van der Waals surface area contributed by atoms with Gasteiger partial charge in [-0.1, -0.05) is 29.8 Å². The van der Waals surface area contributed by atoms with E-state index in [-0.39, 0.29) is 6.42 Å². The number of fused-ring (bicyclic) bond motifs is 2. The molecule has 0 aliphatic rings. The van der Waals surface area contributed by atoms with Crippen LogP contribution in [-0.2, 0) is 18.3 Å². The second-order valence-corrected chi connectivity index (χ2v) is 12.6. The van der Waals surface area contributed by atoms with Crippen LogP contribution in [0.2, 0.25) is 5.02 Å². The molecule has 0 atom stereocenters. The van der Waals surface area contributed by atoms with Crippen LogP contribution in [0.4, 0.5) is 0 Å². The lowest BCUT2D eigenvalue weighted by Gasteiger charge is -2.13. The Labute approximate surface area is 253 Å². The van der Waals surface area contributed by atoms with Crippen molar-refractivity contribution in [1.82, 2.24) is 19.7 Å². The predicted octanol–water partition coefficient (Wildman–Crippen LogP) is 7.95. The van der Waals surface area contributed by atoms with E-state index in [2.05, 4.69) is 28.3 Å². The van der Waals surface area contributed by atoms with Crippen molar-refractivity contribution in [2.75, 3.05) is 0 Å². The highest BCUT2D eigenvalue weighted by Gasteiger charge is 2.20. The number of carbonyl (C=O) groups is 1. The summed E-state index contributed by atoms with van der Waals surface area (Å²) in [5.41, 5.74) is 7.72. The normalized spacial score (nSPS) is 11.5. The molecule has 0 bridgehead atoms. The van der Waals surface area contributed by atoms with E-state index in [1.807, 2.05) is 67.3 Å². The first kappa shape index (κ1) is 29.4. The number of aliphatic hydroxyl groups is 1. The number of carboxylic acid groups (broad SMARTS) is 1. The van der Waals surface area contributed by atoms with E-state index in [1.54, 1.807) is 38.3 Å². The molecular formula is C33H31ClN4O3S. The maximum Gasteiger partial charge on any atom is 0.307 e. The third-order valence-electron chi connectivity index (χ3n) is 6.52. The fourth-order valence-electron chi connectivity index (χ4n) is 4.70. The second-order valence-electron chi connectivity index (χ2n) is 11.1. The van der Waals surface area contributed by atoms with Crippen molar-refractivity contribution in [1.29, 1.82) is 0 Å². The van der Waals surface area contributed by atoms with Crippen LogP contribution in [0.1, 0.15) is 31.9 Å². The smallest absolute Gasteiger partial charge is 0.307 e. The van der Waals surface area contributed by atoms with Crippen molar-refractivity contribution in [3.05, 3.63) is 89.2 Å². The summed E-state index contributed by atoms with van der Waals surface area (Å²) in [5.74, 6) is -0.869. The lowest BCUT2D eigenvalue weighted by molar-refractivity contribution is -0.136. The Morgan fingerprint density at radius 2 is 1.69 bits per heavy atom. The Bertz CT molecular complexity index is 1910. The first-order chi connectivity index (χ1) is 19.9. The number of aromatic nitrogens is 4. The molecule has 2 N–H and O–H groups in total. The zero-order valence-electron chi connectivity index (χ0n) is 24.0. The van der Waals surface area contributed by atoms with Gasteiger partial charge in [0.25, 0.3) is 0 Å².